The number of ether oxygens (including phenoxy) is 1. The lowest BCUT2D eigenvalue weighted by atomic mass is 10.1. The van der Waals surface area contributed by atoms with Crippen LogP contribution in [-0.4, -0.2) is 54.8 Å². The number of carboxylic acid groups (broad SMARTS) is 1. The number of nitrogens with zero attached hydrogens (tertiary/aromatic N) is 1. The summed E-state index contributed by atoms with van der Waals surface area (Å²) in [4.78, 5) is 21.6. The maximum atomic E-state index is 11.0. The first-order valence-electron chi connectivity index (χ1n) is 4.37. The summed E-state index contributed by atoms with van der Waals surface area (Å²) in [6, 6.07) is -0.751. The van der Waals surface area contributed by atoms with Crippen molar-refractivity contribution in [3.8, 4) is 0 Å². The van der Waals surface area contributed by atoms with Gasteiger partial charge in [0.2, 0.25) is 6.04 Å². The molecule has 0 aliphatic heterocycles. The van der Waals surface area contributed by atoms with Gasteiger partial charge in [-0.05, 0) is 6.92 Å². The van der Waals surface area contributed by atoms with E-state index in [1.165, 1.54) is 6.92 Å². The van der Waals surface area contributed by atoms with Crippen molar-refractivity contribution in [1.82, 2.24) is 0 Å². The average Bonchev–Trinajstić information content (AvgIpc) is 1.78. The summed E-state index contributed by atoms with van der Waals surface area (Å²) in [7, 11) is 5.25. The third-order valence-corrected chi connectivity index (χ3v) is 1.88. The molecule has 0 saturated carbocycles. The number of hydrogen-bond donors (Lipinski definition) is 1. The maximum Gasteiger partial charge on any atom is 0.366 e. The summed E-state index contributed by atoms with van der Waals surface area (Å²) in [5, 5.41) is 8.99. The van der Waals surface area contributed by atoms with Gasteiger partial charge in [0.15, 0.2) is 6.10 Å². The Bertz CT molecular complexity index is 231. The maximum absolute atomic E-state index is 11.0. The molecule has 2 unspecified atom stereocenters. The van der Waals surface area contributed by atoms with Crippen LogP contribution in [0.1, 0.15) is 13.8 Å². The average molecular weight is 204 g/mol. The highest BCUT2D eigenvalue weighted by atomic mass is 16.5. The summed E-state index contributed by atoms with van der Waals surface area (Å²) in [6.45, 7) is 2.86. The minimum absolute atomic E-state index is 0.212. The molecule has 0 aliphatic rings. The molecule has 0 aromatic rings. The molecule has 0 fully saturated rings. The largest absolute Gasteiger partial charge is 0.477 e. The molecule has 0 saturated heterocycles. The molecule has 0 heterocycles. The molecule has 0 amide bonds. The Balaban J connectivity index is 4.67. The van der Waals surface area contributed by atoms with Crippen LogP contribution in [0, 0.1) is 0 Å². The zero-order valence-electron chi connectivity index (χ0n) is 9.27. The molecular weight excluding hydrogens is 186 g/mol. The van der Waals surface area contributed by atoms with Gasteiger partial charge >= 0.3 is 11.9 Å². The number of hydrogen-bond acceptors (Lipinski definition) is 3. The monoisotopic (exact) mass is 204 g/mol. The molecule has 2 atom stereocenters. The van der Waals surface area contributed by atoms with E-state index in [9.17, 15) is 9.59 Å². The second kappa shape index (κ2) is 4.41. The number of rotatable bonds is 4. The number of aliphatic carboxylic acids is 1. The first-order valence-corrected chi connectivity index (χ1v) is 4.37. The fourth-order valence-electron chi connectivity index (χ4n) is 1.49. The predicted molar refractivity (Wildman–Crippen MR) is 50.7 cm³/mol. The quantitative estimate of drug-likeness (QED) is 0.521. The number of quaternary nitrogens is 1. The van der Waals surface area contributed by atoms with Crippen LogP contribution in [0.25, 0.3) is 0 Å². The standard InChI is InChI=1S/C9H17NO4/c1-6(14-7(2)11)8(9(12)13)10(3,4)5/h6,8H,1-5H3/p+1. The molecule has 1 N–H and O–H groups in total. The van der Waals surface area contributed by atoms with Crippen molar-refractivity contribution < 1.29 is 23.9 Å². The molecule has 0 bridgehead atoms. The van der Waals surface area contributed by atoms with Gasteiger partial charge in [-0.2, -0.15) is 0 Å². The van der Waals surface area contributed by atoms with Crippen LogP contribution < -0.4 is 0 Å². The van der Waals surface area contributed by atoms with E-state index in [0.29, 0.717) is 0 Å². The van der Waals surface area contributed by atoms with E-state index in [-0.39, 0.29) is 4.48 Å². The fourth-order valence-corrected chi connectivity index (χ4v) is 1.49. The van der Waals surface area contributed by atoms with Crippen LogP contribution in [-0.2, 0) is 14.3 Å². The van der Waals surface area contributed by atoms with E-state index in [0.717, 1.165) is 0 Å². The van der Waals surface area contributed by atoms with Gasteiger partial charge in [-0.1, -0.05) is 0 Å². The molecule has 5 nitrogen and oxygen atoms in total. The van der Waals surface area contributed by atoms with Gasteiger partial charge in [-0.15, -0.1) is 0 Å². The Kier molecular flexibility index (Phi) is 4.07. The summed E-state index contributed by atoms with van der Waals surface area (Å²) in [5.74, 6) is -1.43. The molecule has 5 heteroatoms. The summed E-state index contributed by atoms with van der Waals surface area (Å²) in [6.07, 6.45) is -0.634. The smallest absolute Gasteiger partial charge is 0.366 e. The fraction of sp³-hybridized carbons (Fsp3) is 0.778. The van der Waals surface area contributed by atoms with Crippen molar-refractivity contribution >= 4 is 11.9 Å². The van der Waals surface area contributed by atoms with Crippen molar-refractivity contribution in [3.05, 3.63) is 0 Å². The minimum atomic E-state index is -0.966. The van der Waals surface area contributed by atoms with Gasteiger partial charge in [0.1, 0.15) is 0 Å². The predicted octanol–water partition coefficient (Wildman–Crippen LogP) is 0.0974. The van der Waals surface area contributed by atoms with Gasteiger partial charge in [0, 0.05) is 6.92 Å². The van der Waals surface area contributed by atoms with Crippen LogP contribution in [0.4, 0.5) is 0 Å². The Morgan fingerprint density at radius 1 is 1.29 bits per heavy atom. The van der Waals surface area contributed by atoms with Crippen molar-refractivity contribution in [2.45, 2.75) is 26.0 Å². The molecule has 0 radical (unpaired) electrons. The van der Waals surface area contributed by atoms with E-state index in [1.54, 1.807) is 28.1 Å². The third-order valence-electron chi connectivity index (χ3n) is 1.88. The zero-order chi connectivity index (χ0) is 11.5. The van der Waals surface area contributed by atoms with Crippen molar-refractivity contribution in [3.63, 3.8) is 0 Å². The number of carbonyl (C=O) groups excluding carboxylic acids is 1. The van der Waals surface area contributed by atoms with Gasteiger partial charge in [-0.3, -0.25) is 4.79 Å². The van der Waals surface area contributed by atoms with Crippen LogP contribution in [0.5, 0.6) is 0 Å². The molecule has 0 aromatic carbocycles. The van der Waals surface area contributed by atoms with E-state index < -0.39 is 24.1 Å². The molecule has 0 aromatic heterocycles. The lowest BCUT2D eigenvalue weighted by molar-refractivity contribution is -0.890. The lowest BCUT2D eigenvalue weighted by Gasteiger charge is -2.33. The SMILES string of the molecule is CC(=O)OC(C)C(C(=O)O)[N+](C)(C)C. The van der Waals surface area contributed by atoms with Gasteiger partial charge in [0.25, 0.3) is 0 Å². The van der Waals surface area contributed by atoms with Gasteiger partial charge in [-0.25, -0.2) is 4.79 Å². The first-order chi connectivity index (χ1) is 6.16. The van der Waals surface area contributed by atoms with Crippen LogP contribution in [0.2, 0.25) is 0 Å². The van der Waals surface area contributed by atoms with Crippen LogP contribution >= 0.6 is 0 Å². The highest BCUT2D eigenvalue weighted by molar-refractivity contribution is 5.74. The topological polar surface area (TPSA) is 63.6 Å². The molecule has 14 heavy (non-hydrogen) atoms. The highest BCUT2D eigenvalue weighted by Gasteiger charge is 2.38. The summed E-state index contributed by atoms with van der Waals surface area (Å²) < 4.78 is 5.08. The number of likely N-dealkylation sites (N-methyl/N-ethyl adjacent to an activating group) is 1. The second-order valence-corrected chi connectivity index (χ2v) is 4.21. The first kappa shape index (κ1) is 12.9. The zero-order valence-corrected chi connectivity index (χ0v) is 9.27. The van der Waals surface area contributed by atoms with Gasteiger partial charge < -0.3 is 14.3 Å². The molecule has 0 rings (SSSR count). The van der Waals surface area contributed by atoms with Crippen molar-refractivity contribution in [1.29, 1.82) is 0 Å². The van der Waals surface area contributed by atoms with E-state index >= 15 is 0 Å². The Morgan fingerprint density at radius 2 is 1.71 bits per heavy atom. The number of carboxylic acids is 1. The normalized spacial score (nSPS) is 15.8. The Morgan fingerprint density at radius 3 is 1.93 bits per heavy atom. The Hall–Kier alpha value is -1.10. The molecule has 0 spiro atoms. The molecule has 82 valence electrons. The van der Waals surface area contributed by atoms with Crippen molar-refractivity contribution in [2.75, 3.05) is 21.1 Å². The van der Waals surface area contributed by atoms with E-state index in [1.807, 2.05) is 0 Å². The molecular formula is C9H18NO4+. The van der Waals surface area contributed by atoms with Crippen LogP contribution in [0.15, 0.2) is 0 Å². The summed E-state index contributed by atoms with van der Waals surface area (Å²) in [5.41, 5.74) is 0. The minimum Gasteiger partial charge on any atom is -0.477 e. The van der Waals surface area contributed by atoms with Gasteiger partial charge in [0.05, 0.1) is 21.1 Å². The van der Waals surface area contributed by atoms with Crippen molar-refractivity contribution in [2.24, 2.45) is 0 Å². The summed E-state index contributed by atoms with van der Waals surface area (Å²) >= 11 is 0. The third kappa shape index (κ3) is 3.74. The second-order valence-electron chi connectivity index (χ2n) is 4.21. The number of carbonyl (C=O) groups is 2. The highest BCUT2D eigenvalue weighted by Crippen LogP contribution is 2.11. The lowest BCUT2D eigenvalue weighted by Crippen LogP contribution is -2.56. The Labute approximate surface area is 83.9 Å². The molecule has 0 aliphatic carbocycles. The van der Waals surface area contributed by atoms with E-state index in [4.69, 9.17) is 9.84 Å². The van der Waals surface area contributed by atoms with Crippen LogP contribution in [0.3, 0.4) is 0 Å². The number of esters is 1. The van der Waals surface area contributed by atoms with E-state index in [2.05, 4.69) is 0 Å².